The molecule has 3 N–H and O–H groups in total. The zero-order valence-corrected chi connectivity index (χ0v) is 15.7. The highest BCUT2D eigenvalue weighted by atomic mass is 32.1. The first kappa shape index (κ1) is 18.3. The molecular weight excluding hydrogens is 354 g/mol. The maximum Gasteiger partial charge on any atom is 0.271 e. The summed E-state index contributed by atoms with van der Waals surface area (Å²) in [7, 11) is 3.20. The lowest BCUT2D eigenvalue weighted by Crippen LogP contribution is -2.39. The Labute approximate surface area is 156 Å². The number of nitrogens with zero attached hydrogens (tertiary/aromatic N) is 1. The van der Waals surface area contributed by atoms with Gasteiger partial charge in [0.05, 0.1) is 20.3 Å². The Kier molecular flexibility index (Phi) is 5.82. The van der Waals surface area contributed by atoms with E-state index in [-0.39, 0.29) is 18.1 Å². The molecule has 0 radical (unpaired) electrons. The van der Waals surface area contributed by atoms with Crippen LogP contribution in [0.4, 0.5) is 5.13 Å². The molecule has 0 bridgehead atoms. The summed E-state index contributed by atoms with van der Waals surface area (Å²) >= 11 is 1.27. The Balaban J connectivity index is 1.53. The summed E-state index contributed by atoms with van der Waals surface area (Å²) in [5.74, 6) is 1.76. The standard InChI is InChI=1S/C18H23N3O4S/c1-23-14-4-3-5-15(16(14)24-2)25-12-8-6-11(7-9-12)20-17(22)13-10-26-18(19)21-13/h3-5,10-12H,6-9H2,1-2H3,(H2,19,21)(H,20,22). The van der Waals surface area contributed by atoms with Crippen LogP contribution in [-0.4, -0.2) is 37.3 Å². The Hall–Kier alpha value is -2.48. The number of nitrogens with one attached hydrogen (secondary N) is 1. The highest BCUT2D eigenvalue weighted by Crippen LogP contribution is 2.38. The summed E-state index contributed by atoms with van der Waals surface area (Å²) < 4.78 is 16.8. The SMILES string of the molecule is COc1cccc(OC2CCC(NC(=O)c3csc(N)n3)CC2)c1OC. The van der Waals surface area contributed by atoms with E-state index in [2.05, 4.69) is 10.3 Å². The Bertz CT molecular complexity index is 757. The van der Waals surface area contributed by atoms with Crippen LogP contribution in [0, 0.1) is 0 Å². The summed E-state index contributed by atoms with van der Waals surface area (Å²) in [5.41, 5.74) is 5.96. The van der Waals surface area contributed by atoms with Gasteiger partial charge in [0.25, 0.3) is 5.91 Å². The molecule has 1 aliphatic carbocycles. The van der Waals surface area contributed by atoms with E-state index in [0.717, 1.165) is 25.7 Å². The average molecular weight is 377 g/mol. The fraction of sp³-hybridized carbons (Fsp3) is 0.444. The van der Waals surface area contributed by atoms with E-state index in [4.69, 9.17) is 19.9 Å². The number of rotatable bonds is 6. The summed E-state index contributed by atoms with van der Waals surface area (Å²) in [6.45, 7) is 0. The van der Waals surface area contributed by atoms with E-state index >= 15 is 0 Å². The molecule has 1 heterocycles. The molecule has 1 aromatic carbocycles. The second-order valence-electron chi connectivity index (χ2n) is 6.13. The van der Waals surface area contributed by atoms with Crippen molar-refractivity contribution in [1.29, 1.82) is 0 Å². The third-order valence-corrected chi connectivity index (χ3v) is 5.10. The van der Waals surface area contributed by atoms with Crippen molar-refractivity contribution in [3.8, 4) is 17.2 Å². The van der Waals surface area contributed by atoms with Crippen molar-refractivity contribution >= 4 is 22.4 Å². The quantitative estimate of drug-likeness (QED) is 0.804. The van der Waals surface area contributed by atoms with E-state index in [1.807, 2.05) is 18.2 Å². The second kappa shape index (κ2) is 8.27. The molecule has 1 fully saturated rings. The van der Waals surface area contributed by atoms with Gasteiger partial charge in [0.15, 0.2) is 16.6 Å². The number of carbonyl (C=O) groups is 1. The number of benzene rings is 1. The maximum atomic E-state index is 12.2. The van der Waals surface area contributed by atoms with Crippen LogP contribution < -0.4 is 25.3 Å². The molecule has 0 atom stereocenters. The van der Waals surface area contributed by atoms with E-state index in [1.54, 1.807) is 19.6 Å². The third-order valence-electron chi connectivity index (χ3n) is 4.42. The van der Waals surface area contributed by atoms with Crippen LogP contribution in [0.3, 0.4) is 0 Å². The molecule has 1 saturated carbocycles. The van der Waals surface area contributed by atoms with Gasteiger partial charge >= 0.3 is 0 Å². The minimum atomic E-state index is -0.170. The number of ether oxygens (including phenoxy) is 3. The largest absolute Gasteiger partial charge is 0.493 e. The minimum absolute atomic E-state index is 0.0825. The fourth-order valence-electron chi connectivity index (χ4n) is 3.11. The molecule has 0 spiro atoms. The molecule has 2 aromatic rings. The molecule has 8 heteroatoms. The van der Waals surface area contributed by atoms with Crippen molar-refractivity contribution in [2.45, 2.75) is 37.8 Å². The molecule has 1 aromatic heterocycles. The highest BCUT2D eigenvalue weighted by molar-refractivity contribution is 7.13. The van der Waals surface area contributed by atoms with Crippen LogP contribution in [-0.2, 0) is 0 Å². The van der Waals surface area contributed by atoms with Gasteiger partial charge in [-0.05, 0) is 37.8 Å². The molecular formula is C18H23N3O4S. The minimum Gasteiger partial charge on any atom is -0.493 e. The molecule has 26 heavy (non-hydrogen) atoms. The predicted molar refractivity (Wildman–Crippen MR) is 100 cm³/mol. The number of nitrogen functional groups attached to an aromatic ring is 1. The molecule has 0 saturated heterocycles. The summed E-state index contributed by atoms with van der Waals surface area (Å²) in [4.78, 5) is 16.2. The molecule has 0 aliphatic heterocycles. The molecule has 1 aliphatic rings. The molecule has 7 nitrogen and oxygen atoms in total. The van der Waals surface area contributed by atoms with Crippen molar-refractivity contribution in [3.63, 3.8) is 0 Å². The second-order valence-corrected chi connectivity index (χ2v) is 7.02. The van der Waals surface area contributed by atoms with Gasteiger partial charge in [0.2, 0.25) is 5.75 Å². The van der Waals surface area contributed by atoms with E-state index in [1.165, 1.54) is 11.3 Å². The molecule has 1 amide bonds. The summed E-state index contributed by atoms with van der Waals surface area (Å²) in [5, 5.41) is 5.10. The van der Waals surface area contributed by atoms with Gasteiger partial charge in [-0.3, -0.25) is 4.79 Å². The number of carbonyl (C=O) groups excluding carboxylic acids is 1. The number of hydrogen-bond donors (Lipinski definition) is 2. The van der Waals surface area contributed by atoms with E-state index in [9.17, 15) is 4.79 Å². The lowest BCUT2D eigenvalue weighted by Gasteiger charge is -2.29. The first-order valence-corrected chi connectivity index (χ1v) is 9.38. The smallest absolute Gasteiger partial charge is 0.271 e. The molecule has 0 unspecified atom stereocenters. The molecule has 3 rings (SSSR count). The highest BCUT2D eigenvalue weighted by Gasteiger charge is 2.25. The van der Waals surface area contributed by atoms with Crippen molar-refractivity contribution in [2.75, 3.05) is 20.0 Å². The van der Waals surface area contributed by atoms with Crippen LogP contribution in [0.5, 0.6) is 17.2 Å². The Morgan fingerprint density at radius 3 is 2.54 bits per heavy atom. The number of methoxy groups -OCH3 is 2. The normalized spacial score (nSPS) is 19.6. The van der Waals surface area contributed by atoms with Crippen molar-refractivity contribution in [2.24, 2.45) is 0 Å². The number of hydrogen-bond acceptors (Lipinski definition) is 7. The third kappa shape index (κ3) is 4.19. The van der Waals surface area contributed by atoms with Gasteiger partial charge < -0.3 is 25.3 Å². The Morgan fingerprint density at radius 1 is 1.19 bits per heavy atom. The zero-order valence-electron chi connectivity index (χ0n) is 14.9. The number of anilines is 1. The van der Waals surface area contributed by atoms with Crippen LogP contribution in [0.25, 0.3) is 0 Å². The lowest BCUT2D eigenvalue weighted by molar-refractivity contribution is 0.0887. The van der Waals surface area contributed by atoms with E-state index < -0.39 is 0 Å². The number of nitrogens with two attached hydrogens (primary N) is 1. The van der Waals surface area contributed by atoms with Gasteiger partial charge in [-0.1, -0.05) is 6.07 Å². The number of amides is 1. The molecule has 140 valence electrons. The lowest BCUT2D eigenvalue weighted by atomic mass is 9.93. The van der Waals surface area contributed by atoms with Crippen LogP contribution in [0.1, 0.15) is 36.2 Å². The van der Waals surface area contributed by atoms with E-state index in [0.29, 0.717) is 28.1 Å². The number of thiazole rings is 1. The number of para-hydroxylation sites is 1. The number of aromatic nitrogens is 1. The van der Waals surface area contributed by atoms with Crippen molar-refractivity contribution in [1.82, 2.24) is 10.3 Å². The van der Waals surface area contributed by atoms with Crippen molar-refractivity contribution < 1.29 is 19.0 Å². The zero-order chi connectivity index (χ0) is 18.5. The maximum absolute atomic E-state index is 12.2. The summed E-state index contributed by atoms with van der Waals surface area (Å²) in [6.07, 6.45) is 3.48. The van der Waals surface area contributed by atoms with Gasteiger partial charge in [0, 0.05) is 11.4 Å². The fourth-order valence-corrected chi connectivity index (χ4v) is 3.65. The van der Waals surface area contributed by atoms with Crippen LogP contribution in [0.2, 0.25) is 0 Å². The topological polar surface area (TPSA) is 95.7 Å². The van der Waals surface area contributed by atoms with Crippen LogP contribution >= 0.6 is 11.3 Å². The predicted octanol–water partition coefficient (Wildman–Crippen LogP) is 2.86. The van der Waals surface area contributed by atoms with Gasteiger partial charge in [-0.2, -0.15) is 0 Å². The monoisotopic (exact) mass is 377 g/mol. The van der Waals surface area contributed by atoms with Gasteiger partial charge in [-0.15, -0.1) is 11.3 Å². The average Bonchev–Trinajstić information content (AvgIpc) is 3.09. The Morgan fingerprint density at radius 2 is 1.92 bits per heavy atom. The van der Waals surface area contributed by atoms with Gasteiger partial charge in [-0.25, -0.2) is 4.98 Å². The summed E-state index contributed by atoms with van der Waals surface area (Å²) in [6, 6.07) is 5.71. The first-order chi connectivity index (χ1) is 12.6. The van der Waals surface area contributed by atoms with Crippen molar-refractivity contribution in [3.05, 3.63) is 29.3 Å². The van der Waals surface area contributed by atoms with Gasteiger partial charge in [0.1, 0.15) is 5.69 Å². The first-order valence-electron chi connectivity index (χ1n) is 8.50. The van der Waals surface area contributed by atoms with Crippen LogP contribution in [0.15, 0.2) is 23.6 Å².